The van der Waals surface area contributed by atoms with Crippen LogP contribution in [0, 0.1) is 6.92 Å². The quantitative estimate of drug-likeness (QED) is 0.743. The predicted molar refractivity (Wildman–Crippen MR) is 66.6 cm³/mol. The molecule has 0 aromatic heterocycles. The van der Waals surface area contributed by atoms with Crippen LogP contribution in [0.25, 0.3) is 0 Å². The van der Waals surface area contributed by atoms with Crippen LogP contribution in [0.5, 0.6) is 5.75 Å². The predicted octanol–water partition coefficient (Wildman–Crippen LogP) is 4.03. The average Bonchev–Trinajstić information content (AvgIpc) is 2.21. The first-order valence-electron chi connectivity index (χ1n) is 5.45. The maximum absolute atomic E-state index is 11.7. The van der Waals surface area contributed by atoms with E-state index in [4.69, 9.17) is 16.3 Å². The van der Waals surface area contributed by atoms with E-state index < -0.39 is 0 Å². The van der Waals surface area contributed by atoms with Crippen molar-refractivity contribution >= 4 is 17.4 Å². The van der Waals surface area contributed by atoms with Gasteiger partial charge in [0.25, 0.3) is 0 Å². The Bertz CT molecular complexity index is 397. The summed E-state index contributed by atoms with van der Waals surface area (Å²) in [5.74, 6) is 0.682. The van der Waals surface area contributed by atoms with Crippen molar-refractivity contribution in [1.82, 2.24) is 0 Å². The highest BCUT2D eigenvalue weighted by Gasteiger charge is 2.14. The molecule has 0 saturated heterocycles. The number of carbonyl (C=O) groups excluding carboxylic acids is 1. The van der Waals surface area contributed by atoms with Crippen molar-refractivity contribution in [1.29, 1.82) is 0 Å². The first-order chi connectivity index (χ1) is 7.45. The van der Waals surface area contributed by atoms with Gasteiger partial charge in [-0.05, 0) is 38.5 Å². The third kappa shape index (κ3) is 2.99. The van der Waals surface area contributed by atoms with Crippen molar-refractivity contribution in [2.45, 2.75) is 40.2 Å². The minimum atomic E-state index is 0.0454. The van der Waals surface area contributed by atoms with Crippen molar-refractivity contribution in [3.63, 3.8) is 0 Å². The summed E-state index contributed by atoms with van der Waals surface area (Å²) in [4.78, 5) is 11.7. The van der Waals surface area contributed by atoms with Gasteiger partial charge in [-0.25, -0.2) is 0 Å². The molecule has 0 radical (unpaired) electrons. The molecule has 0 fully saturated rings. The van der Waals surface area contributed by atoms with Crippen LogP contribution in [-0.2, 0) is 0 Å². The fraction of sp³-hybridized carbons (Fsp3) is 0.462. The molecule has 3 heteroatoms. The van der Waals surface area contributed by atoms with E-state index in [1.165, 1.54) is 0 Å². The van der Waals surface area contributed by atoms with Gasteiger partial charge >= 0.3 is 0 Å². The minimum absolute atomic E-state index is 0.0454. The van der Waals surface area contributed by atoms with E-state index in [9.17, 15) is 4.79 Å². The molecular formula is C13H17ClO2. The Kier molecular flexibility index (Phi) is 4.36. The van der Waals surface area contributed by atoms with Gasteiger partial charge in [-0.3, -0.25) is 4.79 Å². The lowest BCUT2D eigenvalue weighted by atomic mass is 10.1. The third-order valence-corrected chi connectivity index (χ3v) is 2.65. The summed E-state index contributed by atoms with van der Waals surface area (Å²) in [5, 5.41) is 0.605. The smallest absolute Gasteiger partial charge is 0.166 e. The van der Waals surface area contributed by atoms with E-state index in [1.54, 1.807) is 6.07 Å². The molecule has 0 aliphatic rings. The number of ketones is 1. The number of hydrogen-bond acceptors (Lipinski definition) is 2. The average molecular weight is 241 g/mol. The summed E-state index contributed by atoms with van der Waals surface area (Å²) in [5.41, 5.74) is 1.50. The van der Waals surface area contributed by atoms with Crippen molar-refractivity contribution in [2.24, 2.45) is 0 Å². The second-order valence-corrected chi connectivity index (χ2v) is 4.45. The molecule has 0 heterocycles. The number of ether oxygens (including phenoxy) is 1. The van der Waals surface area contributed by atoms with Gasteiger partial charge in [0, 0.05) is 11.4 Å². The molecule has 1 aromatic rings. The number of hydrogen-bond donors (Lipinski definition) is 0. The van der Waals surface area contributed by atoms with Crippen molar-refractivity contribution < 1.29 is 9.53 Å². The molecule has 0 spiro atoms. The summed E-state index contributed by atoms with van der Waals surface area (Å²) in [6, 6.07) is 3.52. The number of carbonyl (C=O) groups is 1. The Labute approximate surface area is 102 Å². The van der Waals surface area contributed by atoms with E-state index in [-0.39, 0.29) is 11.9 Å². The molecule has 2 nitrogen and oxygen atoms in total. The van der Waals surface area contributed by atoms with Gasteiger partial charge in [0.15, 0.2) is 5.78 Å². The monoisotopic (exact) mass is 240 g/mol. The van der Waals surface area contributed by atoms with Gasteiger partial charge in [-0.15, -0.1) is 0 Å². The zero-order chi connectivity index (χ0) is 12.3. The van der Waals surface area contributed by atoms with Gasteiger partial charge in [-0.2, -0.15) is 0 Å². The summed E-state index contributed by atoms with van der Waals surface area (Å²) < 4.78 is 5.62. The van der Waals surface area contributed by atoms with Gasteiger partial charge in [0.2, 0.25) is 0 Å². The Balaban J connectivity index is 3.21. The highest BCUT2D eigenvalue weighted by molar-refractivity contribution is 6.31. The van der Waals surface area contributed by atoms with Gasteiger partial charge in [0.05, 0.1) is 11.7 Å². The molecule has 0 unspecified atom stereocenters. The summed E-state index contributed by atoms with van der Waals surface area (Å²) in [6.07, 6.45) is 0.498. The Hall–Kier alpha value is -1.02. The van der Waals surface area contributed by atoms with E-state index in [0.29, 0.717) is 22.8 Å². The van der Waals surface area contributed by atoms with Gasteiger partial charge in [-0.1, -0.05) is 18.5 Å². The highest BCUT2D eigenvalue weighted by atomic mass is 35.5. The lowest BCUT2D eigenvalue weighted by molar-refractivity contribution is 0.0982. The first-order valence-corrected chi connectivity index (χ1v) is 5.83. The molecule has 0 aliphatic heterocycles. The second-order valence-electron chi connectivity index (χ2n) is 4.04. The van der Waals surface area contributed by atoms with Crippen LogP contribution in [0.1, 0.15) is 43.1 Å². The fourth-order valence-electron chi connectivity index (χ4n) is 1.41. The summed E-state index contributed by atoms with van der Waals surface area (Å²) >= 11 is 6.02. The number of aryl methyl sites for hydroxylation is 1. The van der Waals surface area contributed by atoms with Crippen LogP contribution in [0.3, 0.4) is 0 Å². The molecule has 0 atom stereocenters. The molecule has 88 valence electrons. The molecule has 1 rings (SSSR count). The largest absolute Gasteiger partial charge is 0.490 e. The summed E-state index contributed by atoms with van der Waals surface area (Å²) in [6.45, 7) is 7.60. The van der Waals surface area contributed by atoms with E-state index in [0.717, 1.165) is 5.56 Å². The molecule has 0 N–H and O–H groups in total. The first kappa shape index (κ1) is 13.0. The maximum Gasteiger partial charge on any atom is 0.166 e. The highest BCUT2D eigenvalue weighted by Crippen LogP contribution is 2.28. The zero-order valence-electron chi connectivity index (χ0n) is 10.1. The lowest BCUT2D eigenvalue weighted by Gasteiger charge is -2.14. The van der Waals surface area contributed by atoms with Crippen LogP contribution in [0.4, 0.5) is 0 Å². The molecule has 0 saturated carbocycles. The van der Waals surface area contributed by atoms with Crippen LogP contribution >= 0.6 is 11.6 Å². The maximum atomic E-state index is 11.7. The Morgan fingerprint density at radius 2 is 2.06 bits per heavy atom. The van der Waals surface area contributed by atoms with Crippen LogP contribution in [-0.4, -0.2) is 11.9 Å². The number of halogens is 1. The molecule has 0 bridgehead atoms. The van der Waals surface area contributed by atoms with Gasteiger partial charge < -0.3 is 4.74 Å². The second kappa shape index (κ2) is 5.35. The third-order valence-electron chi connectivity index (χ3n) is 2.25. The van der Waals surface area contributed by atoms with E-state index in [1.807, 2.05) is 33.8 Å². The lowest BCUT2D eigenvalue weighted by Crippen LogP contribution is -2.10. The SMILES string of the molecule is CCC(=O)c1cc(Cl)c(C)cc1OC(C)C. The molecule has 0 aliphatic carbocycles. The molecular weight excluding hydrogens is 224 g/mol. The number of rotatable bonds is 4. The molecule has 16 heavy (non-hydrogen) atoms. The molecule has 0 amide bonds. The normalized spacial score (nSPS) is 10.6. The summed E-state index contributed by atoms with van der Waals surface area (Å²) in [7, 11) is 0. The minimum Gasteiger partial charge on any atom is -0.490 e. The van der Waals surface area contributed by atoms with E-state index >= 15 is 0 Å². The van der Waals surface area contributed by atoms with Crippen molar-refractivity contribution in [3.05, 3.63) is 28.3 Å². The van der Waals surface area contributed by atoms with E-state index in [2.05, 4.69) is 0 Å². The zero-order valence-corrected chi connectivity index (χ0v) is 10.9. The number of benzene rings is 1. The van der Waals surface area contributed by atoms with Gasteiger partial charge in [0.1, 0.15) is 5.75 Å². The Morgan fingerprint density at radius 3 is 2.56 bits per heavy atom. The number of Topliss-reactive ketones (excluding diaryl/α,β-unsaturated/α-hetero) is 1. The fourth-order valence-corrected chi connectivity index (χ4v) is 1.58. The Morgan fingerprint density at radius 1 is 1.44 bits per heavy atom. The van der Waals surface area contributed by atoms with Crippen molar-refractivity contribution in [2.75, 3.05) is 0 Å². The van der Waals surface area contributed by atoms with Crippen LogP contribution in [0.15, 0.2) is 12.1 Å². The topological polar surface area (TPSA) is 26.3 Å². The van der Waals surface area contributed by atoms with Crippen LogP contribution < -0.4 is 4.74 Å². The van der Waals surface area contributed by atoms with Crippen molar-refractivity contribution in [3.8, 4) is 5.75 Å². The van der Waals surface area contributed by atoms with Crippen LogP contribution in [0.2, 0.25) is 5.02 Å². The standard InChI is InChI=1S/C13H17ClO2/c1-5-12(15)10-7-11(14)9(4)6-13(10)16-8(2)3/h6-8H,5H2,1-4H3. The molecule has 1 aromatic carbocycles.